The van der Waals surface area contributed by atoms with E-state index in [2.05, 4.69) is 6.92 Å². The number of hydrogen-bond donors (Lipinski definition) is 0. The van der Waals surface area contributed by atoms with Crippen LogP contribution in [0.2, 0.25) is 0 Å². The summed E-state index contributed by atoms with van der Waals surface area (Å²) < 4.78 is 39.0. The predicted octanol–water partition coefficient (Wildman–Crippen LogP) is 2.70. The molecule has 0 aliphatic carbocycles. The Bertz CT molecular complexity index is 559. The van der Waals surface area contributed by atoms with Crippen molar-refractivity contribution in [2.24, 2.45) is 0 Å². The molecule has 1 saturated heterocycles. The molecule has 1 aliphatic heterocycles. The molecule has 1 heterocycles. The topological polar surface area (TPSA) is 69.7 Å². The second-order valence-corrected chi connectivity index (χ2v) is 6.34. The third-order valence-electron chi connectivity index (χ3n) is 3.53. The van der Waals surface area contributed by atoms with Crippen molar-refractivity contribution >= 4 is 10.1 Å². The molecule has 0 radical (unpaired) electrons. The summed E-state index contributed by atoms with van der Waals surface area (Å²) in [6.07, 6.45) is 4.23. The Labute approximate surface area is 114 Å². The molecule has 1 unspecified atom stereocenters. The molecule has 106 valence electrons. The zero-order valence-corrected chi connectivity index (χ0v) is 12.1. The van der Waals surface area contributed by atoms with Crippen LogP contribution in [-0.4, -0.2) is 19.6 Å². The van der Waals surface area contributed by atoms with E-state index in [4.69, 9.17) is 4.74 Å². The molecule has 2 rings (SSSR count). The summed E-state index contributed by atoms with van der Waals surface area (Å²) in [7, 11) is -4.41. The molecule has 1 aromatic rings. The second kappa shape index (κ2) is 5.61. The lowest BCUT2D eigenvalue weighted by atomic mass is 9.95. The first kappa shape index (κ1) is 14.5. The second-order valence-electron chi connectivity index (χ2n) is 4.99. The van der Waals surface area contributed by atoms with Gasteiger partial charge in [-0.15, -0.1) is 0 Å². The summed E-state index contributed by atoms with van der Waals surface area (Å²) in [4.78, 5) is -0.114. The van der Waals surface area contributed by atoms with E-state index in [1.54, 1.807) is 13.0 Å². The lowest BCUT2D eigenvalue weighted by Gasteiger charge is -2.17. The number of ether oxygens (including phenoxy) is 1. The number of hydrogen-bond acceptors (Lipinski definition) is 4. The van der Waals surface area contributed by atoms with Gasteiger partial charge in [0.15, 0.2) is 0 Å². The Kier molecular flexibility index (Phi) is 4.28. The van der Waals surface area contributed by atoms with Gasteiger partial charge in [0.2, 0.25) is 0 Å². The summed E-state index contributed by atoms with van der Waals surface area (Å²) in [6, 6.07) is 3.20. The van der Waals surface area contributed by atoms with Gasteiger partial charge in [-0.05, 0) is 42.5 Å². The summed E-state index contributed by atoms with van der Waals surface area (Å²) in [5.41, 5.74) is 2.58. The van der Waals surface area contributed by atoms with Gasteiger partial charge in [0.1, 0.15) is 16.2 Å². The van der Waals surface area contributed by atoms with E-state index < -0.39 is 10.1 Å². The Morgan fingerprint density at radius 3 is 2.58 bits per heavy atom. The van der Waals surface area contributed by atoms with Crippen molar-refractivity contribution in [2.75, 3.05) is 6.61 Å². The van der Waals surface area contributed by atoms with Gasteiger partial charge >= 0.3 is 0 Å². The largest absolute Gasteiger partial charge is 0.744 e. The first-order chi connectivity index (χ1) is 8.95. The van der Waals surface area contributed by atoms with Gasteiger partial charge in [-0.3, -0.25) is 0 Å². The van der Waals surface area contributed by atoms with Gasteiger partial charge < -0.3 is 9.29 Å². The van der Waals surface area contributed by atoms with Gasteiger partial charge in [0.05, 0.1) is 11.5 Å². The minimum atomic E-state index is -4.41. The minimum Gasteiger partial charge on any atom is -0.744 e. The SMILES string of the molecule is CCCCCc1ccc(S(=O)(=O)[O-])c(C)c1C1CO1. The highest BCUT2D eigenvalue weighted by atomic mass is 32.2. The number of benzene rings is 1. The van der Waals surface area contributed by atoms with Crippen molar-refractivity contribution < 1.29 is 17.7 Å². The highest BCUT2D eigenvalue weighted by Gasteiger charge is 2.30. The maximum atomic E-state index is 11.2. The first-order valence-electron chi connectivity index (χ1n) is 6.65. The van der Waals surface area contributed by atoms with Crippen LogP contribution in [0.25, 0.3) is 0 Å². The smallest absolute Gasteiger partial charge is 0.124 e. The molecule has 0 N–H and O–H groups in total. The van der Waals surface area contributed by atoms with Crippen molar-refractivity contribution in [3.63, 3.8) is 0 Å². The Morgan fingerprint density at radius 2 is 2.05 bits per heavy atom. The summed E-state index contributed by atoms with van der Waals surface area (Å²) in [6.45, 7) is 4.46. The van der Waals surface area contributed by atoms with Crippen LogP contribution in [0, 0.1) is 6.92 Å². The molecule has 0 spiro atoms. The highest BCUT2D eigenvalue weighted by Crippen LogP contribution is 2.37. The lowest BCUT2D eigenvalue weighted by molar-refractivity contribution is 0.412. The van der Waals surface area contributed by atoms with Crippen LogP contribution in [0.3, 0.4) is 0 Å². The van der Waals surface area contributed by atoms with Crippen LogP contribution in [-0.2, 0) is 21.3 Å². The normalized spacial score (nSPS) is 18.6. The summed E-state index contributed by atoms with van der Waals surface area (Å²) in [5.74, 6) is 0. The van der Waals surface area contributed by atoms with Gasteiger partial charge in [0.25, 0.3) is 0 Å². The predicted molar refractivity (Wildman–Crippen MR) is 71.1 cm³/mol. The van der Waals surface area contributed by atoms with E-state index in [1.807, 2.05) is 0 Å². The Balaban J connectivity index is 2.37. The molecule has 1 atom stereocenters. The molecule has 19 heavy (non-hydrogen) atoms. The summed E-state index contributed by atoms with van der Waals surface area (Å²) in [5, 5.41) is 0. The molecule has 0 saturated carbocycles. The Hall–Kier alpha value is -0.910. The van der Waals surface area contributed by atoms with E-state index in [1.165, 1.54) is 6.07 Å². The monoisotopic (exact) mass is 283 g/mol. The standard InChI is InChI=1S/C14H20O4S/c1-3-4-5-6-11-7-8-13(19(15,16)17)10(2)14(11)12-9-18-12/h7-8,12H,3-6,9H2,1-2H3,(H,15,16,17)/p-1. The van der Waals surface area contributed by atoms with Crippen LogP contribution >= 0.6 is 0 Å². The molecule has 0 bridgehead atoms. The summed E-state index contributed by atoms with van der Waals surface area (Å²) >= 11 is 0. The molecular formula is C14H19O4S-. The van der Waals surface area contributed by atoms with Crippen LogP contribution in [0.1, 0.15) is 49.0 Å². The van der Waals surface area contributed by atoms with Crippen molar-refractivity contribution in [2.45, 2.75) is 50.5 Å². The highest BCUT2D eigenvalue weighted by molar-refractivity contribution is 7.85. The van der Waals surface area contributed by atoms with Crippen molar-refractivity contribution in [1.82, 2.24) is 0 Å². The molecule has 1 aromatic carbocycles. The van der Waals surface area contributed by atoms with Crippen LogP contribution in [0.5, 0.6) is 0 Å². The van der Waals surface area contributed by atoms with E-state index in [0.29, 0.717) is 12.2 Å². The average Bonchev–Trinajstić information content (AvgIpc) is 3.12. The first-order valence-corrected chi connectivity index (χ1v) is 8.06. The van der Waals surface area contributed by atoms with Crippen molar-refractivity contribution in [3.05, 3.63) is 28.8 Å². The van der Waals surface area contributed by atoms with Gasteiger partial charge in [-0.1, -0.05) is 25.8 Å². The zero-order chi connectivity index (χ0) is 14.0. The van der Waals surface area contributed by atoms with E-state index in [-0.39, 0.29) is 11.0 Å². The third kappa shape index (κ3) is 3.35. The van der Waals surface area contributed by atoms with Gasteiger partial charge in [0, 0.05) is 0 Å². The fourth-order valence-electron chi connectivity index (χ4n) is 2.48. The van der Waals surface area contributed by atoms with E-state index in [0.717, 1.165) is 36.8 Å². The molecule has 1 fully saturated rings. The molecule has 5 heteroatoms. The van der Waals surface area contributed by atoms with Crippen LogP contribution in [0.15, 0.2) is 17.0 Å². The fraction of sp³-hybridized carbons (Fsp3) is 0.571. The minimum absolute atomic E-state index is 0.0293. The van der Waals surface area contributed by atoms with E-state index in [9.17, 15) is 13.0 Å². The Morgan fingerprint density at radius 1 is 1.37 bits per heavy atom. The van der Waals surface area contributed by atoms with Gasteiger partial charge in [-0.25, -0.2) is 8.42 Å². The van der Waals surface area contributed by atoms with Crippen molar-refractivity contribution in [1.29, 1.82) is 0 Å². The lowest BCUT2D eigenvalue weighted by Crippen LogP contribution is -2.06. The van der Waals surface area contributed by atoms with E-state index >= 15 is 0 Å². The van der Waals surface area contributed by atoms with Crippen molar-refractivity contribution in [3.8, 4) is 0 Å². The maximum Gasteiger partial charge on any atom is 0.124 e. The molecule has 0 aromatic heterocycles. The quantitative estimate of drug-likeness (QED) is 0.457. The zero-order valence-electron chi connectivity index (χ0n) is 11.3. The molecule has 4 nitrogen and oxygen atoms in total. The number of aryl methyl sites for hydroxylation is 1. The average molecular weight is 283 g/mol. The molecule has 1 aliphatic rings. The fourth-order valence-corrected chi connectivity index (χ4v) is 3.20. The molecular weight excluding hydrogens is 264 g/mol. The van der Waals surface area contributed by atoms with Gasteiger partial charge in [-0.2, -0.15) is 0 Å². The third-order valence-corrected chi connectivity index (χ3v) is 4.51. The molecule has 0 amide bonds. The number of unbranched alkanes of at least 4 members (excludes halogenated alkanes) is 2. The van der Waals surface area contributed by atoms with Crippen LogP contribution < -0.4 is 0 Å². The number of rotatable bonds is 6. The maximum absolute atomic E-state index is 11.2. The van der Waals surface area contributed by atoms with Crippen LogP contribution in [0.4, 0.5) is 0 Å². The number of epoxide rings is 1.